The van der Waals surface area contributed by atoms with Gasteiger partial charge in [-0.1, -0.05) is 101 Å². The lowest BCUT2D eigenvalue weighted by molar-refractivity contribution is -0.175. The number of carboxylic acid groups (broad SMARTS) is 1. The van der Waals surface area contributed by atoms with Gasteiger partial charge in [-0.3, -0.25) is 14.4 Å². The maximum Gasteiger partial charge on any atom is 0.312 e. The van der Waals surface area contributed by atoms with Crippen molar-refractivity contribution in [3.05, 3.63) is 23.8 Å². The second-order valence-electron chi connectivity index (χ2n) is 18.6. The lowest BCUT2D eigenvalue weighted by atomic mass is 9.53. The van der Waals surface area contributed by atoms with E-state index in [1.807, 2.05) is 101 Å². The molecule has 1 aromatic carbocycles. The third-order valence-electron chi connectivity index (χ3n) is 11.3. The third-order valence-corrected chi connectivity index (χ3v) is 11.3. The normalized spacial score (nSPS) is 17.4. The van der Waals surface area contributed by atoms with Crippen LogP contribution in [0.1, 0.15) is 154 Å². The van der Waals surface area contributed by atoms with Crippen molar-refractivity contribution in [2.75, 3.05) is 6.79 Å². The molecule has 0 fully saturated rings. The van der Waals surface area contributed by atoms with Crippen LogP contribution in [0.25, 0.3) is 0 Å². The zero-order valence-corrected chi connectivity index (χ0v) is 33.3. The molecule has 0 saturated heterocycles. The van der Waals surface area contributed by atoms with E-state index < -0.39 is 39.0 Å². The quantitative estimate of drug-likeness (QED) is 0.120. The van der Waals surface area contributed by atoms with Crippen molar-refractivity contribution in [1.29, 1.82) is 0 Å². The molecule has 1 heterocycles. The van der Waals surface area contributed by atoms with Crippen LogP contribution < -0.4 is 9.47 Å². The zero-order chi connectivity index (χ0) is 37.6. The van der Waals surface area contributed by atoms with Gasteiger partial charge in [0, 0.05) is 0 Å². The van der Waals surface area contributed by atoms with Crippen molar-refractivity contribution in [3.63, 3.8) is 0 Å². The topological polar surface area (TPSA) is 108 Å². The second kappa shape index (κ2) is 16.1. The molecule has 4 atom stereocenters. The first-order chi connectivity index (χ1) is 22.3. The monoisotopic (exact) mass is 688 g/mol. The Morgan fingerprint density at radius 2 is 1.45 bits per heavy atom. The number of carbonyl (C=O) groups excluding carboxylic acids is 2. The van der Waals surface area contributed by atoms with Crippen LogP contribution in [0.15, 0.2) is 18.2 Å². The summed E-state index contributed by atoms with van der Waals surface area (Å²) in [6, 6.07) is 5.49. The fourth-order valence-corrected chi connectivity index (χ4v) is 7.29. The molecule has 4 unspecified atom stereocenters. The van der Waals surface area contributed by atoms with Crippen LogP contribution in [0.5, 0.6) is 11.5 Å². The smallest absolute Gasteiger partial charge is 0.312 e. The minimum Gasteiger partial charge on any atom is -0.481 e. The largest absolute Gasteiger partial charge is 0.481 e. The highest BCUT2D eigenvalue weighted by Gasteiger charge is 2.56. The van der Waals surface area contributed by atoms with Crippen molar-refractivity contribution < 1.29 is 38.4 Å². The molecule has 0 bridgehead atoms. The molecule has 8 nitrogen and oxygen atoms in total. The minimum absolute atomic E-state index is 0.0688. The number of carbonyl (C=O) groups is 3. The van der Waals surface area contributed by atoms with Gasteiger partial charge in [-0.15, -0.1) is 0 Å². The molecule has 8 heteroatoms. The van der Waals surface area contributed by atoms with E-state index in [-0.39, 0.29) is 43.3 Å². The number of carboxylic acids is 1. The number of ether oxygens (including phenoxy) is 4. The summed E-state index contributed by atoms with van der Waals surface area (Å²) in [5, 5.41) is 10.7. The summed E-state index contributed by atoms with van der Waals surface area (Å²) in [6.07, 6.45) is 5.87. The molecule has 0 aromatic heterocycles. The second-order valence-corrected chi connectivity index (χ2v) is 18.6. The average Bonchev–Trinajstić information content (AvgIpc) is 3.43. The van der Waals surface area contributed by atoms with Crippen molar-refractivity contribution in [1.82, 2.24) is 0 Å². The molecule has 0 spiro atoms. The van der Waals surface area contributed by atoms with E-state index in [4.69, 9.17) is 18.9 Å². The summed E-state index contributed by atoms with van der Waals surface area (Å²) in [5.74, 6) is -0.972. The van der Waals surface area contributed by atoms with Gasteiger partial charge in [0.15, 0.2) is 11.5 Å². The molecular weight excluding hydrogens is 620 g/mol. The Bertz CT molecular complexity index is 1280. The van der Waals surface area contributed by atoms with E-state index in [2.05, 4.69) is 6.92 Å². The van der Waals surface area contributed by atoms with Gasteiger partial charge in [0.2, 0.25) is 6.79 Å². The summed E-state index contributed by atoms with van der Waals surface area (Å²) in [4.78, 5) is 41.5. The molecule has 0 radical (unpaired) electrons. The molecule has 1 aromatic rings. The Balaban J connectivity index is 2.48. The first kappa shape index (κ1) is 42.4. The van der Waals surface area contributed by atoms with Crippen LogP contribution in [0.4, 0.5) is 0 Å². The Labute approximate surface area is 297 Å². The van der Waals surface area contributed by atoms with Gasteiger partial charge in [-0.05, 0) is 92.2 Å². The molecule has 280 valence electrons. The van der Waals surface area contributed by atoms with Gasteiger partial charge >= 0.3 is 17.9 Å². The zero-order valence-electron chi connectivity index (χ0n) is 33.3. The number of benzene rings is 1. The van der Waals surface area contributed by atoms with E-state index in [1.54, 1.807) is 6.92 Å². The molecule has 0 amide bonds. The molecule has 49 heavy (non-hydrogen) atoms. The summed E-state index contributed by atoms with van der Waals surface area (Å²) >= 11 is 0. The van der Waals surface area contributed by atoms with Crippen LogP contribution in [0, 0.1) is 38.4 Å². The number of rotatable bonds is 18. The van der Waals surface area contributed by atoms with Crippen LogP contribution in [-0.4, -0.2) is 35.9 Å². The number of aliphatic carboxylic acids is 1. The molecular formula is C41H68O8. The third kappa shape index (κ3) is 10.9. The van der Waals surface area contributed by atoms with Gasteiger partial charge in [0.05, 0.1) is 22.9 Å². The highest BCUT2D eigenvalue weighted by atomic mass is 16.7. The van der Waals surface area contributed by atoms with Crippen molar-refractivity contribution in [2.24, 2.45) is 38.4 Å². The maximum atomic E-state index is 14.4. The predicted octanol–water partition coefficient (Wildman–Crippen LogP) is 10.4. The van der Waals surface area contributed by atoms with Gasteiger partial charge in [-0.25, -0.2) is 0 Å². The molecule has 1 aliphatic heterocycles. The number of hydrogen-bond donors (Lipinski definition) is 1. The summed E-state index contributed by atoms with van der Waals surface area (Å²) in [5.41, 5.74) is -3.68. The Hall–Kier alpha value is -2.77. The first-order valence-electron chi connectivity index (χ1n) is 18.3. The predicted molar refractivity (Wildman–Crippen MR) is 194 cm³/mol. The number of esters is 2. The summed E-state index contributed by atoms with van der Waals surface area (Å²) in [6.45, 7) is 28.2. The highest BCUT2D eigenvalue weighted by Crippen LogP contribution is 2.56. The van der Waals surface area contributed by atoms with E-state index >= 15 is 0 Å². The van der Waals surface area contributed by atoms with E-state index in [1.165, 1.54) is 0 Å². The SMILES string of the molecule is CCCCCCC(C)OC(=O)C(CC(C)(C)C(C)(CC(C)(C)C)C(=O)O)C(C)(C)CC(C)(C(=O)OCc1ccc2c(c1)OCO2)C(C)(C)C. The lowest BCUT2D eigenvalue weighted by Crippen LogP contribution is -2.51. The molecule has 0 aliphatic carbocycles. The van der Waals surface area contributed by atoms with Crippen molar-refractivity contribution in [2.45, 2.75) is 161 Å². The highest BCUT2D eigenvalue weighted by molar-refractivity contribution is 5.79. The van der Waals surface area contributed by atoms with Gasteiger partial charge in [0.25, 0.3) is 0 Å². The Morgan fingerprint density at radius 3 is 2.00 bits per heavy atom. The van der Waals surface area contributed by atoms with Gasteiger partial charge < -0.3 is 24.1 Å². The Morgan fingerprint density at radius 1 is 0.837 bits per heavy atom. The van der Waals surface area contributed by atoms with Gasteiger partial charge in [0.1, 0.15) is 6.61 Å². The summed E-state index contributed by atoms with van der Waals surface area (Å²) < 4.78 is 23.1. The van der Waals surface area contributed by atoms with Crippen LogP contribution >= 0.6 is 0 Å². The van der Waals surface area contributed by atoms with Crippen LogP contribution in [0.3, 0.4) is 0 Å². The first-order valence-corrected chi connectivity index (χ1v) is 18.3. The van der Waals surface area contributed by atoms with E-state index in [0.717, 1.165) is 37.7 Å². The number of unbranched alkanes of at least 4 members (excludes halogenated alkanes) is 3. The van der Waals surface area contributed by atoms with Gasteiger partial charge in [-0.2, -0.15) is 0 Å². The van der Waals surface area contributed by atoms with E-state index in [0.29, 0.717) is 24.3 Å². The van der Waals surface area contributed by atoms with Crippen LogP contribution in [-0.2, 0) is 30.5 Å². The standard InChI is InChI=1S/C41H68O8/c1-15-16-17-18-19-28(2)49-33(42)30(23-39(11,12)40(13,34(43)44)25-36(3,4)5)38(9,10)26-41(14,37(6,7)8)35(45)46-24-29-20-21-31-32(22-29)48-27-47-31/h20-22,28,30H,15-19,23-27H2,1-14H3,(H,43,44). The fourth-order valence-electron chi connectivity index (χ4n) is 7.29. The Kier molecular flexibility index (Phi) is 13.9. The van der Waals surface area contributed by atoms with E-state index in [9.17, 15) is 19.5 Å². The van der Waals surface area contributed by atoms with Crippen molar-refractivity contribution in [3.8, 4) is 11.5 Å². The number of hydrogen-bond acceptors (Lipinski definition) is 7. The van der Waals surface area contributed by atoms with Crippen LogP contribution in [0.2, 0.25) is 0 Å². The molecule has 2 rings (SSSR count). The molecule has 1 N–H and O–H groups in total. The maximum absolute atomic E-state index is 14.4. The number of fused-ring (bicyclic) bond motifs is 1. The minimum atomic E-state index is -1.12. The molecule has 1 aliphatic rings. The summed E-state index contributed by atoms with van der Waals surface area (Å²) in [7, 11) is 0. The molecule has 0 saturated carbocycles. The lowest BCUT2D eigenvalue weighted by Gasteiger charge is -2.50. The fraction of sp³-hybridized carbons (Fsp3) is 0.780. The average molecular weight is 689 g/mol. The van der Waals surface area contributed by atoms with Crippen molar-refractivity contribution >= 4 is 17.9 Å².